The molecular weight excluding hydrogens is 160 g/mol. The maximum Gasteiger partial charge on any atom is 0.187 e. The molecule has 1 rings (SSSR count). The van der Waals surface area contributed by atoms with E-state index in [0.717, 1.165) is 0 Å². The molecule has 0 radical (unpaired) electrons. The van der Waals surface area contributed by atoms with Crippen molar-refractivity contribution >= 4 is 11.8 Å². The van der Waals surface area contributed by atoms with Crippen LogP contribution in [0.1, 0.15) is 13.8 Å². The highest BCUT2D eigenvalue weighted by Gasteiger charge is 1.99. The van der Waals surface area contributed by atoms with Gasteiger partial charge >= 0.3 is 0 Å². The van der Waals surface area contributed by atoms with Crippen molar-refractivity contribution in [2.45, 2.75) is 24.3 Å². The molecule has 0 aliphatic carbocycles. The Balaban J connectivity index is 2.66. The van der Waals surface area contributed by atoms with E-state index in [1.54, 1.807) is 11.8 Å². The van der Waals surface area contributed by atoms with Gasteiger partial charge in [-0.1, -0.05) is 25.6 Å². The number of aromatic hydroxyl groups is 1. The minimum absolute atomic E-state index is 0.109. The summed E-state index contributed by atoms with van der Waals surface area (Å²) in [5.74, 6) is 0.109. The lowest BCUT2D eigenvalue weighted by atomic mass is 10.6. The third-order valence-electron chi connectivity index (χ3n) is 0.956. The second-order valence-corrected chi connectivity index (χ2v) is 3.93. The highest BCUT2D eigenvalue weighted by atomic mass is 32.2. The van der Waals surface area contributed by atoms with E-state index >= 15 is 0 Å². The summed E-state index contributed by atoms with van der Waals surface area (Å²) in [6.07, 6.45) is 2.80. The Morgan fingerprint density at radius 3 is 2.36 bits per heavy atom. The molecule has 1 aromatic rings. The average molecular weight is 170 g/mol. The minimum atomic E-state index is 0.109. The number of hydrogen-bond donors (Lipinski definition) is 1. The van der Waals surface area contributed by atoms with E-state index < -0.39 is 0 Å². The third kappa shape index (κ3) is 2.76. The molecular formula is C7H10N2OS. The first-order chi connectivity index (χ1) is 5.18. The van der Waals surface area contributed by atoms with Gasteiger partial charge < -0.3 is 5.11 Å². The summed E-state index contributed by atoms with van der Waals surface area (Å²) in [6.45, 7) is 4.14. The number of nitrogens with zero attached hydrogens (tertiary/aromatic N) is 2. The standard InChI is InChI=1S/C7H10N2OS/c1-5(2)11-7-8-3-6(10)4-9-7/h3-5,10H,1-2H3. The van der Waals surface area contributed by atoms with Gasteiger partial charge in [-0.2, -0.15) is 0 Å². The van der Waals surface area contributed by atoms with Crippen molar-refractivity contribution < 1.29 is 5.11 Å². The van der Waals surface area contributed by atoms with Crippen LogP contribution >= 0.6 is 11.8 Å². The van der Waals surface area contributed by atoms with Gasteiger partial charge in [0.15, 0.2) is 10.9 Å². The van der Waals surface area contributed by atoms with E-state index in [2.05, 4.69) is 23.8 Å². The smallest absolute Gasteiger partial charge is 0.187 e. The van der Waals surface area contributed by atoms with Crippen LogP contribution in [0.15, 0.2) is 17.6 Å². The van der Waals surface area contributed by atoms with Gasteiger partial charge in [0.1, 0.15) is 0 Å². The molecule has 0 fully saturated rings. The predicted octanol–water partition coefficient (Wildman–Crippen LogP) is 1.68. The number of rotatable bonds is 2. The van der Waals surface area contributed by atoms with Crippen molar-refractivity contribution in [1.29, 1.82) is 0 Å². The Bertz CT molecular complexity index is 222. The van der Waals surface area contributed by atoms with E-state index in [1.165, 1.54) is 12.4 Å². The molecule has 0 saturated heterocycles. The molecule has 11 heavy (non-hydrogen) atoms. The van der Waals surface area contributed by atoms with Gasteiger partial charge in [0, 0.05) is 5.25 Å². The molecule has 0 aromatic carbocycles. The van der Waals surface area contributed by atoms with E-state index in [0.29, 0.717) is 10.4 Å². The normalized spacial score (nSPS) is 10.5. The average Bonchev–Trinajstić information content (AvgIpc) is 1.93. The molecule has 1 heterocycles. The zero-order valence-corrected chi connectivity index (χ0v) is 7.30. The van der Waals surface area contributed by atoms with Crippen LogP contribution in [0, 0.1) is 0 Å². The van der Waals surface area contributed by atoms with Crippen LogP contribution in [0.3, 0.4) is 0 Å². The van der Waals surface area contributed by atoms with E-state index in [9.17, 15) is 0 Å². The van der Waals surface area contributed by atoms with Crippen molar-refractivity contribution in [3.63, 3.8) is 0 Å². The summed E-state index contributed by atoms with van der Waals surface area (Å²) >= 11 is 1.57. The van der Waals surface area contributed by atoms with Crippen LogP contribution in [-0.2, 0) is 0 Å². The van der Waals surface area contributed by atoms with Gasteiger partial charge in [0.25, 0.3) is 0 Å². The molecule has 60 valence electrons. The van der Waals surface area contributed by atoms with Gasteiger partial charge in [-0.3, -0.25) is 0 Å². The Kier molecular flexibility index (Phi) is 2.70. The molecule has 0 atom stereocenters. The Morgan fingerprint density at radius 2 is 1.91 bits per heavy atom. The van der Waals surface area contributed by atoms with Crippen molar-refractivity contribution in [2.75, 3.05) is 0 Å². The van der Waals surface area contributed by atoms with Gasteiger partial charge in [-0.05, 0) is 0 Å². The third-order valence-corrected chi connectivity index (χ3v) is 1.85. The fraction of sp³-hybridized carbons (Fsp3) is 0.429. The van der Waals surface area contributed by atoms with E-state index in [1.807, 2.05) is 0 Å². The van der Waals surface area contributed by atoms with Crippen molar-refractivity contribution in [3.8, 4) is 5.75 Å². The van der Waals surface area contributed by atoms with Crippen LogP contribution in [0.25, 0.3) is 0 Å². The Labute approximate surface area is 69.9 Å². The first-order valence-corrected chi connectivity index (χ1v) is 4.24. The topological polar surface area (TPSA) is 46.0 Å². The molecule has 0 spiro atoms. The number of thioether (sulfide) groups is 1. The maximum atomic E-state index is 8.86. The van der Waals surface area contributed by atoms with Crippen LogP contribution in [0.4, 0.5) is 0 Å². The summed E-state index contributed by atoms with van der Waals surface area (Å²) in [7, 11) is 0. The molecule has 0 bridgehead atoms. The predicted molar refractivity (Wildman–Crippen MR) is 44.7 cm³/mol. The van der Waals surface area contributed by atoms with Gasteiger partial charge in [-0.15, -0.1) is 0 Å². The van der Waals surface area contributed by atoms with Gasteiger partial charge in [0.05, 0.1) is 12.4 Å². The summed E-state index contributed by atoms with van der Waals surface area (Å²) < 4.78 is 0. The molecule has 0 aliphatic heterocycles. The lowest BCUT2D eigenvalue weighted by Crippen LogP contribution is -1.90. The van der Waals surface area contributed by atoms with Crippen molar-refractivity contribution in [1.82, 2.24) is 9.97 Å². The molecule has 1 N–H and O–H groups in total. The monoisotopic (exact) mass is 170 g/mol. The lowest BCUT2D eigenvalue weighted by Gasteiger charge is -2.00. The zero-order chi connectivity index (χ0) is 8.27. The van der Waals surface area contributed by atoms with Crippen LogP contribution in [0.5, 0.6) is 5.75 Å². The minimum Gasteiger partial charge on any atom is -0.505 e. The fourth-order valence-corrected chi connectivity index (χ4v) is 1.23. The van der Waals surface area contributed by atoms with E-state index in [4.69, 9.17) is 5.11 Å². The quantitative estimate of drug-likeness (QED) is 0.542. The molecule has 4 heteroatoms. The number of hydrogen-bond acceptors (Lipinski definition) is 4. The van der Waals surface area contributed by atoms with Crippen LogP contribution in [0.2, 0.25) is 0 Å². The largest absolute Gasteiger partial charge is 0.505 e. The second kappa shape index (κ2) is 3.57. The van der Waals surface area contributed by atoms with Gasteiger partial charge in [0.2, 0.25) is 0 Å². The van der Waals surface area contributed by atoms with Gasteiger partial charge in [-0.25, -0.2) is 9.97 Å². The highest BCUT2D eigenvalue weighted by molar-refractivity contribution is 7.99. The van der Waals surface area contributed by atoms with Crippen LogP contribution in [-0.4, -0.2) is 20.3 Å². The molecule has 0 saturated carbocycles. The summed E-state index contributed by atoms with van der Waals surface area (Å²) in [4.78, 5) is 7.84. The molecule has 3 nitrogen and oxygen atoms in total. The van der Waals surface area contributed by atoms with Crippen molar-refractivity contribution in [2.24, 2.45) is 0 Å². The van der Waals surface area contributed by atoms with Crippen LogP contribution < -0.4 is 0 Å². The molecule has 1 aromatic heterocycles. The SMILES string of the molecule is CC(C)Sc1ncc(O)cn1. The Morgan fingerprint density at radius 1 is 1.36 bits per heavy atom. The second-order valence-electron chi connectivity index (χ2n) is 2.39. The first kappa shape index (κ1) is 8.33. The fourth-order valence-electron chi connectivity index (χ4n) is 0.581. The molecule has 0 amide bonds. The maximum absolute atomic E-state index is 8.86. The summed E-state index contributed by atoms with van der Waals surface area (Å²) in [5.41, 5.74) is 0. The lowest BCUT2D eigenvalue weighted by molar-refractivity contribution is 0.467. The number of aromatic nitrogens is 2. The molecule has 0 unspecified atom stereocenters. The Hall–Kier alpha value is -0.770. The van der Waals surface area contributed by atoms with Crippen molar-refractivity contribution in [3.05, 3.63) is 12.4 Å². The zero-order valence-electron chi connectivity index (χ0n) is 6.48. The molecule has 0 aliphatic rings. The highest BCUT2D eigenvalue weighted by Crippen LogP contribution is 2.18. The summed E-state index contributed by atoms with van der Waals surface area (Å²) in [5, 5.41) is 10.0. The van der Waals surface area contributed by atoms with E-state index in [-0.39, 0.29) is 5.75 Å². The summed E-state index contributed by atoms with van der Waals surface area (Å²) in [6, 6.07) is 0. The first-order valence-electron chi connectivity index (χ1n) is 3.36.